The van der Waals surface area contributed by atoms with Gasteiger partial charge in [-0.25, -0.2) is 4.79 Å². The lowest BCUT2D eigenvalue weighted by Gasteiger charge is -2.03. The molecule has 0 amide bonds. The van der Waals surface area contributed by atoms with E-state index < -0.39 is 5.97 Å². The maximum absolute atomic E-state index is 11.8. The molecule has 0 bridgehead atoms. The molecule has 1 aromatic heterocycles. The number of nitrogens with two attached hydrogens (primary N) is 1. The van der Waals surface area contributed by atoms with Gasteiger partial charge in [-0.3, -0.25) is 4.68 Å². The van der Waals surface area contributed by atoms with Crippen molar-refractivity contribution in [3.63, 3.8) is 0 Å². The maximum Gasteiger partial charge on any atom is 0.361 e. The maximum atomic E-state index is 11.8. The fourth-order valence-electron chi connectivity index (χ4n) is 1.56. The molecule has 0 saturated heterocycles. The van der Waals surface area contributed by atoms with Crippen LogP contribution in [-0.2, 0) is 17.9 Å². The summed E-state index contributed by atoms with van der Waals surface area (Å²) in [7, 11) is 0. The van der Waals surface area contributed by atoms with E-state index >= 15 is 0 Å². The molecule has 0 aliphatic carbocycles. The number of ether oxygens (including phenoxy) is 1. The monoisotopic (exact) mass is 323 g/mol. The van der Waals surface area contributed by atoms with Crippen LogP contribution in [0.15, 0.2) is 34.9 Å². The summed E-state index contributed by atoms with van der Waals surface area (Å²) in [5.41, 5.74) is 7.13. The first-order valence-electron chi connectivity index (χ1n) is 5.84. The van der Waals surface area contributed by atoms with E-state index in [4.69, 9.17) is 10.5 Å². The van der Waals surface area contributed by atoms with Crippen LogP contribution in [0.3, 0.4) is 0 Å². The number of rotatable bonds is 4. The number of aryl methyl sites for hydroxylation is 1. The van der Waals surface area contributed by atoms with Gasteiger partial charge in [0.1, 0.15) is 6.61 Å². The van der Waals surface area contributed by atoms with Crippen molar-refractivity contribution < 1.29 is 9.53 Å². The Bertz CT molecular complexity index is 578. The van der Waals surface area contributed by atoms with Gasteiger partial charge in [0.2, 0.25) is 0 Å². The molecule has 19 heavy (non-hydrogen) atoms. The first-order valence-corrected chi connectivity index (χ1v) is 6.64. The summed E-state index contributed by atoms with van der Waals surface area (Å²) < 4.78 is 7.77. The molecular weight excluding hydrogens is 310 g/mol. The van der Waals surface area contributed by atoms with Crippen LogP contribution in [0, 0.1) is 0 Å². The number of carbonyl (C=O) groups is 1. The van der Waals surface area contributed by atoms with E-state index in [2.05, 4.69) is 21.0 Å². The molecule has 100 valence electrons. The van der Waals surface area contributed by atoms with Gasteiger partial charge in [-0.05, 0) is 24.6 Å². The largest absolute Gasteiger partial charge is 0.456 e. The molecule has 6 heteroatoms. The molecule has 1 heterocycles. The normalized spacial score (nSPS) is 10.4. The van der Waals surface area contributed by atoms with Gasteiger partial charge in [-0.2, -0.15) is 5.10 Å². The first kappa shape index (κ1) is 13.6. The third kappa shape index (κ3) is 3.35. The molecule has 2 aromatic rings. The molecule has 0 saturated carbocycles. The zero-order valence-electron chi connectivity index (χ0n) is 10.5. The number of hydrogen-bond donors (Lipinski definition) is 1. The highest BCUT2D eigenvalue weighted by Gasteiger charge is 2.16. The second-order valence-electron chi connectivity index (χ2n) is 3.99. The second-order valence-corrected chi connectivity index (χ2v) is 4.91. The number of hydrogen-bond acceptors (Lipinski definition) is 4. The number of anilines is 1. The summed E-state index contributed by atoms with van der Waals surface area (Å²) in [5, 5.41) is 4.06. The zero-order valence-corrected chi connectivity index (χ0v) is 12.1. The summed E-state index contributed by atoms with van der Waals surface area (Å²) >= 11 is 3.35. The van der Waals surface area contributed by atoms with Crippen molar-refractivity contribution in [3.05, 3.63) is 46.2 Å². The molecule has 0 atom stereocenters. The van der Waals surface area contributed by atoms with Gasteiger partial charge in [-0.1, -0.05) is 28.1 Å². The fourth-order valence-corrected chi connectivity index (χ4v) is 1.82. The molecule has 0 unspecified atom stereocenters. The summed E-state index contributed by atoms with van der Waals surface area (Å²) in [4.78, 5) is 11.8. The predicted octanol–water partition coefficient (Wildman–Crippen LogP) is 2.60. The lowest BCUT2D eigenvalue weighted by molar-refractivity contribution is 0.0466. The van der Waals surface area contributed by atoms with Crippen molar-refractivity contribution in [2.24, 2.45) is 0 Å². The minimum atomic E-state index is -0.507. The zero-order chi connectivity index (χ0) is 13.8. The molecule has 0 aliphatic rings. The van der Waals surface area contributed by atoms with Gasteiger partial charge in [0.15, 0.2) is 5.69 Å². The van der Waals surface area contributed by atoms with Crippen molar-refractivity contribution in [1.82, 2.24) is 9.78 Å². The van der Waals surface area contributed by atoms with E-state index in [9.17, 15) is 4.79 Å². The standard InChI is InChI=1S/C13H14BrN3O2/c1-2-17-7-11(15)12(16-17)13(18)19-8-9-3-5-10(14)6-4-9/h3-7H,2,8,15H2,1H3. The smallest absolute Gasteiger partial charge is 0.361 e. The Morgan fingerprint density at radius 2 is 2.11 bits per heavy atom. The topological polar surface area (TPSA) is 70.1 Å². The van der Waals surface area contributed by atoms with Crippen molar-refractivity contribution in [2.45, 2.75) is 20.1 Å². The van der Waals surface area contributed by atoms with Crippen LogP contribution < -0.4 is 5.73 Å². The van der Waals surface area contributed by atoms with E-state index in [1.54, 1.807) is 10.9 Å². The third-order valence-corrected chi connectivity index (χ3v) is 3.12. The number of halogens is 1. The predicted molar refractivity (Wildman–Crippen MR) is 75.6 cm³/mol. The molecule has 2 N–H and O–H groups in total. The van der Waals surface area contributed by atoms with E-state index in [1.807, 2.05) is 31.2 Å². The molecular formula is C13H14BrN3O2. The first-order chi connectivity index (χ1) is 9.10. The number of nitrogens with zero attached hydrogens (tertiary/aromatic N) is 2. The van der Waals surface area contributed by atoms with Crippen LogP contribution in [0.25, 0.3) is 0 Å². The Morgan fingerprint density at radius 1 is 1.42 bits per heavy atom. The lowest BCUT2D eigenvalue weighted by atomic mass is 10.2. The van der Waals surface area contributed by atoms with Crippen LogP contribution in [0.2, 0.25) is 0 Å². The average Bonchev–Trinajstić information content (AvgIpc) is 2.79. The van der Waals surface area contributed by atoms with E-state index in [0.29, 0.717) is 12.2 Å². The van der Waals surface area contributed by atoms with Crippen LogP contribution in [0.4, 0.5) is 5.69 Å². The van der Waals surface area contributed by atoms with Gasteiger partial charge in [0.25, 0.3) is 0 Å². The van der Waals surface area contributed by atoms with E-state index in [0.717, 1.165) is 10.0 Å². The van der Waals surface area contributed by atoms with Gasteiger partial charge >= 0.3 is 5.97 Å². The summed E-state index contributed by atoms with van der Waals surface area (Å²) in [6.07, 6.45) is 1.62. The quantitative estimate of drug-likeness (QED) is 0.878. The van der Waals surface area contributed by atoms with Gasteiger partial charge in [0.05, 0.1) is 5.69 Å². The average molecular weight is 324 g/mol. The Balaban J connectivity index is 2.01. The van der Waals surface area contributed by atoms with Crippen LogP contribution >= 0.6 is 15.9 Å². The van der Waals surface area contributed by atoms with Gasteiger partial charge < -0.3 is 10.5 Å². The second kappa shape index (κ2) is 5.88. The van der Waals surface area contributed by atoms with Crippen molar-refractivity contribution in [2.75, 3.05) is 5.73 Å². The molecule has 5 nitrogen and oxygen atoms in total. The van der Waals surface area contributed by atoms with Crippen molar-refractivity contribution in [1.29, 1.82) is 0 Å². The number of esters is 1. The SMILES string of the molecule is CCn1cc(N)c(C(=O)OCc2ccc(Br)cc2)n1. The van der Waals surface area contributed by atoms with Crippen LogP contribution in [0.5, 0.6) is 0 Å². The number of benzene rings is 1. The van der Waals surface area contributed by atoms with Crippen molar-refractivity contribution >= 4 is 27.6 Å². The highest BCUT2D eigenvalue weighted by atomic mass is 79.9. The molecule has 0 aliphatic heterocycles. The molecule has 0 radical (unpaired) electrons. The number of carbonyl (C=O) groups excluding carboxylic acids is 1. The Hall–Kier alpha value is -1.82. The Labute approximate surface area is 119 Å². The van der Waals surface area contributed by atoms with Gasteiger partial charge in [0, 0.05) is 17.2 Å². The van der Waals surface area contributed by atoms with E-state index in [-0.39, 0.29) is 12.3 Å². The van der Waals surface area contributed by atoms with Gasteiger partial charge in [-0.15, -0.1) is 0 Å². The highest BCUT2D eigenvalue weighted by molar-refractivity contribution is 9.10. The third-order valence-electron chi connectivity index (χ3n) is 2.59. The summed E-state index contributed by atoms with van der Waals surface area (Å²) in [6.45, 7) is 2.78. The summed E-state index contributed by atoms with van der Waals surface area (Å²) in [6, 6.07) is 7.55. The molecule has 1 aromatic carbocycles. The Morgan fingerprint density at radius 3 is 2.68 bits per heavy atom. The van der Waals surface area contributed by atoms with E-state index in [1.165, 1.54) is 0 Å². The number of nitrogen functional groups attached to an aromatic ring is 1. The molecule has 2 rings (SSSR count). The highest BCUT2D eigenvalue weighted by Crippen LogP contribution is 2.14. The van der Waals surface area contributed by atoms with Crippen molar-refractivity contribution in [3.8, 4) is 0 Å². The lowest BCUT2D eigenvalue weighted by Crippen LogP contribution is -2.09. The minimum Gasteiger partial charge on any atom is -0.456 e. The minimum absolute atomic E-state index is 0.166. The van der Waals surface area contributed by atoms with Crippen LogP contribution in [-0.4, -0.2) is 15.7 Å². The van der Waals surface area contributed by atoms with Crippen LogP contribution in [0.1, 0.15) is 23.0 Å². The summed E-state index contributed by atoms with van der Waals surface area (Å²) in [5.74, 6) is -0.507. The molecule has 0 spiro atoms. The fraction of sp³-hybridized carbons (Fsp3) is 0.231. The Kier molecular flexibility index (Phi) is 4.21. The molecule has 0 fully saturated rings. The number of aromatic nitrogens is 2.